The highest BCUT2D eigenvalue weighted by atomic mass is 19.1. The van der Waals surface area contributed by atoms with E-state index < -0.39 is 5.97 Å². The number of rotatable bonds is 3. The fourth-order valence-corrected chi connectivity index (χ4v) is 1.90. The summed E-state index contributed by atoms with van der Waals surface area (Å²) in [5, 5.41) is 0. The number of hydrogen-bond donors (Lipinski definition) is 1. The van der Waals surface area contributed by atoms with Gasteiger partial charge in [0, 0.05) is 5.69 Å². The molecule has 4 heteroatoms. The average molecular weight is 273 g/mol. The third kappa shape index (κ3) is 2.96. The van der Waals surface area contributed by atoms with Gasteiger partial charge in [0.25, 0.3) is 0 Å². The van der Waals surface area contributed by atoms with Gasteiger partial charge in [-0.2, -0.15) is 0 Å². The number of esters is 1. The van der Waals surface area contributed by atoms with Crippen LogP contribution in [-0.2, 0) is 11.3 Å². The molecular weight excluding hydrogens is 257 g/mol. The minimum atomic E-state index is -0.477. The van der Waals surface area contributed by atoms with Crippen LogP contribution in [0.3, 0.4) is 0 Å². The van der Waals surface area contributed by atoms with E-state index in [0.29, 0.717) is 11.3 Å². The van der Waals surface area contributed by atoms with Crippen molar-refractivity contribution in [3.8, 4) is 0 Å². The fourth-order valence-electron chi connectivity index (χ4n) is 1.90. The Labute approximate surface area is 117 Å². The number of nitrogen functional groups attached to an aromatic ring is 1. The highest BCUT2D eigenvalue weighted by molar-refractivity contribution is 5.95. The molecular formula is C16H16FNO2. The summed E-state index contributed by atoms with van der Waals surface area (Å²) in [6.45, 7) is 3.70. The molecule has 0 aliphatic rings. The van der Waals surface area contributed by atoms with Gasteiger partial charge in [0.05, 0.1) is 5.56 Å². The SMILES string of the molecule is Cc1cc(F)ccc1COC(=O)c1cccc(C)c1N. The van der Waals surface area contributed by atoms with Gasteiger partial charge in [-0.15, -0.1) is 0 Å². The summed E-state index contributed by atoms with van der Waals surface area (Å²) in [6, 6.07) is 9.57. The van der Waals surface area contributed by atoms with Crippen LogP contribution in [0.5, 0.6) is 0 Å². The Bertz CT molecular complexity index is 653. The van der Waals surface area contributed by atoms with Gasteiger partial charge in [-0.05, 0) is 48.7 Å². The van der Waals surface area contributed by atoms with E-state index in [4.69, 9.17) is 10.5 Å². The Morgan fingerprint density at radius 1 is 1.20 bits per heavy atom. The first-order valence-corrected chi connectivity index (χ1v) is 6.26. The molecule has 2 N–H and O–H groups in total. The van der Waals surface area contributed by atoms with Crippen molar-refractivity contribution in [2.45, 2.75) is 20.5 Å². The Kier molecular flexibility index (Phi) is 4.03. The Morgan fingerprint density at radius 3 is 2.65 bits per heavy atom. The number of anilines is 1. The Balaban J connectivity index is 2.11. The molecule has 0 aliphatic carbocycles. The van der Waals surface area contributed by atoms with Gasteiger partial charge < -0.3 is 10.5 Å². The van der Waals surface area contributed by atoms with Gasteiger partial charge in [0.15, 0.2) is 0 Å². The van der Waals surface area contributed by atoms with E-state index in [1.165, 1.54) is 12.1 Å². The van der Waals surface area contributed by atoms with Crippen LogP contribution in [0.4, 0.5) is 10.1 Å². The quantitative estimate of drug-likeness (QED) is 0.689. The number of nitrogens with two attached hydrogens (primary N) is 1. The molecule has 0 aromatic heterocycles. The predicted molar refractivity (Wildman–Crippen MR) is 75.8 cm³/mol. The molecule has 3 nitrogen and oxygen atoms in total. The molecule has 0 radical (unpaired) electrons. The lowest BCUT2D eigenvalue weighted by Gasteiger charge is -2.10. The number of halogens is 1. The van der Waals surface area contributed by atoms with Crippen LogP contribution in [0, 0.1) is 19.7 Å². The Morgan fingerprint density at radius 2 is 1.95 bits per heavy atom. The number of carbonyl (C=O) groups is 1. The van der Waals surface area contributed by atoms with E-state index in [9.17, 15) is 9.18 Å². The largest absolute Gasteiger partial charge is 0.457 e. The molecule has 0 fully saturated rings. The maximum absolute atomic E-state index is 13.0. The van der Waals surface area contributed by atoms with E-state index >= 15 is 0 Å². The summed E-state index contributed by atoms with van der Waals surface area (Å²) in [4.78, 5) is 12.0. The summed E-state index contributed by atoms with van der Waals surface area (Å²) in [5.74, 6) is -0.782. The lowest BCUT2D eigenvalue weighted by molar-refractivity contribution is 0.0473. The molecule has 0 aliphatic heterocycles. The first kappa shape index (κ1) is 14.1. The molecule has 0 heterocycles. The van der Waals surface area contributed by atoms with E-state index in [1.807, 2.05) is 13.0 Å². The minimum absolute atomic E-state index is 0.0956. The van der Waals surface area contributed by atoms with Crippen molar-refractivity contribution < 1.29 is 13.9 Å². The molecule has 104 valence electrons. The molecule has 0 spiro atoms. The average Bonchev–Trinajstić information content (AvgIpc) is 2.40. The van der Waals surface area contributed by atoms with Crippen LogP contribution >= 0.6 is 0 Å². The van der Waals surface area contributed by atoms with Crippen LogP contribution in [0.1, 0.15) is 27.0 Å². The van der Waals surface area contributed by atoms with Crippen LogP contribution in [0.15, 0.2) is 36.4 Å². The first-order chi connectivity index (χ1) is 9.49. The molecule has 2 aromatic rings. The van der Waals surface area contributed by atoms with Crippen LogP contribution < -0.4 is 5.73 Å². The van der Waals surface area contributed by atoms with Gasteiger partial charge in [-0.25, -0.2) is 9.18 Å². The van der Waals surface area contributed by atoms with Gasteiger partial charge in [0.2, 0.25) is 0 Å². The molecule has 0 atom stereocenters. The van der Waals surface area contributed by atoms with Gasteiger partial charge in [-0.1, -0.05) is 18.2 Å². The topological polar surface area (TPSA) is 52.3 Å². The number of para-hydroxylation sites is 1. The summed E-state index contributed by atoms with van der Waals surface area (Å²) in [7, 11) is 0. The van der Waals surface area contributed by atoms with Crippen LogP contribution in [-0.4, -0.2) is 5.97 Å². The van der Waals surface area contributed by atoms with Gasteiger partial charge >= 0.3 is 5.97 Å². The van der Waals surface area contributed by atoms with Crippen LogP contribution in [0.2, 0.25) is 0 Å². The summed E-state index contributed by atoms with van der Waals surface area (Å²) < 4.78 is 18.2. The lowest BCUT2D eigenvalue weighted by atomic mass is 10.1. The zero-order chi connectivity index (χ0) is 14.7. The van der Waals surface area contributed by atoms with Crippen LogP contribution in [0.25, 0.3) is 0 Å². The number of benzene rings is 2. The normalized spacial score (nSPS) is 10.3. The van der Waals surface area contributed by atoms with E-state index in [2.05, 4.69) is 0 Å². The molecule has 0 saturated heterocycles. The van der Waals surface area contributed by atoms with E-state index in [1.54, 1.807) is 25.1 Å². The van der Waals surface area contributed by atoms with Crippen molar-refractivity contribution in [2.75, 3.05) is 5.73 Å². The summed E-state index contributed by atoms with van der Waals surface area (Å²) in [6.07, 6.45) is 0. The van der Waals surface area contributed by atoms with Crippen molar-refractivity contribution in [3.63, 3.8) is 0 Å². The number of carbonyl (C=O) groups excluding carboxylic acids is 1. The Hall–Kier alpha value is -2.36. The molecule has 0 saturated carbocycles. The molecule has 2 rings (SSSR count). The molecule has 0 bridgehead atoms. The monoisotopic (exact) mass is 273 g/mol. The standard InChI is InChI=1S/C16H16FNO2/c1-10-4-3-5-14(15(10)18)16(19)20-9-12-6-7-13(17)8-11(12)2/h3-8H,9,18H2,1-2H3. The van der Waals surface area contributed by atoms with E-state index in [-0.39, 0.29) is 12.4 Å². The van der Waals surface area contributed by atoms with Crippen molar-refractivity contribution in [3.05, 3.63) is 64.5 Å². The molecule has 20 heavy (non-hydrogen) atoms. The summed E-state index contributed by atoms with van der Waals surface area (Å²) in [5.41, 5.74) is 8.97. The van der Waals surface area contributed by atoms with Gasteiger partial charge in [-0.3, -0.25) is 0 Å². The highest BCUT2D eigenvalue weighted by Gasteiger charge is 2.13. The third-order valence-electron chi connectivity index (χ3n) is 3.21. The molecule has 2 aromatic carbocycles. The first-order valence-electron chi connectivity index (χ1n) is 6.26. The highest BCUT2D eigenvalue weighted by Crippen LogP contribution is 2.18. The lowest BCUT2D eigenvalue weighted by Crippen LogP contribution is -2.09. The number of ether oxygens (including phenoxy) is 1. The van der Waals surface area contributed by atoms with Crippen molar-refractivity contribution in [1.82, 2.24) is 0 Å². The van der Waals surface area contributed by atoms with Crippen molar-refractivity contribution in [1.29, 1.82) is 0 Å². The summed E-state index contributed by atoms with van der Waals surface area (Å²) >= 11 is 0. The van der Waals surface area contributed by atoms with E-state index in [0.717, 1.165) is 16.7 Å². The minimum Gasteiger partial charge on any atom is -0.457 e. The number of hydrogen-bond acceptors (Lipinski definition) is 3. The third-order valence-corrected chi connectivity index (χ3v) is 3.21. The second kappa shape index (κ2) is 5.74. The zero-order valence-electron chi connectivity index (χ0n) is 11.4. The second-order valence-corrected chi connectivity index (χ2v) is 4.68. The predicted octanol–water partition coefficient (Wildman–Crippen LogP) is 3.38. The van der Waals surface area contributed by atoms with Crippen molar-refractivity contribution in [2.24, 2.45) is 0 Å². The zero-order valence-corrected chi connectivity index (χ0v) is 11.4. The van der Waals surface area contributed by atoms with Crippen molar-refractivity contribution >= 4 is 11.7 Å². The van der Waals surface area contributed by atoms with Gasteiger partial charge in [0.1, 0.15) is 12.4 Å². The smallest absolute Gasteiger partial charge is 0.340 e. The number of aryl methyl sites for hydroxylation is 2. The fraction of sp³-hybridized carbons (Fsp3) is 0.188. The maximum atomic E-state index is 13.0. The second-order valence-electron chi connectivity index (χ2n) is 4.68. The maximum Gasteiger partial charge on any atom is 0.340 e. The molecule has 0 amide bonds. The molecule has 0 unspecified atom stereocenters.